The first-order valence-electron chi connectivity index (χ1n) is 8.38. The lowest BCUT2D eigenvalue weighted by atomic mass is 10.1. The van der Waals surface area contributed by atoms with Gasteiger partial charge in [-0.2, -0.15) is 13.2 Å². The molecule has 0 amide bonds. The van der Waals surface area contributed by atoms with Gasteiger partial charge in [0, 0.05) is 31.9 Å². The SMILES string of the molecule is FC(F)(F)[C@H](/C=C/c1ccccc1)N1CCN(c2ccccc2)CC1. The number of hydrogen-bond acceptors (Lipinski definition) is 2. The van der Waals surface area contributed by atoms with Gasteiger partial charge in [0.2, 0.25) is 0 Å². The first-order chi connectivity index (χ1) is 12.0. The third-order valence-corrected chi connectivity index (χ3v) is 4.43. The summed E-state index contributed by atoms with van der Waals surface area (Å²) in [4.78, 5) is 3.64. The normalized spacial score (nSPS) is 17.8. The Labute approximate surface area is 146 Å². The largest absolute Gasteiger partial charge is 0.407 e. The molecule has 3 rings (SSSR count). The Morgan fingerprint density at radius 1 is 0.800 bits per heavy atom. The number of anilines is 1. The Bertz CT molecular complexity index is 675. The quantitative estimate of drug-likeness (QED) is 0.807. The number of alkyl halides is 3. The number of rotatable bonds is 4. The molecule has 0 bridgehead atoms. The lowest BCUT2D eigenvalue weighted by Crippen LogP contribution is -2.54. The number of benzene rings is 2. The molecule has 132 valence electrons. The second-order valence-corrected chi connectivity index (χ2v) is 6.11. The van der Waals surface area contributed by atoms with Crippen molar-refractivity contribution < 1.29 is 13.2 Å². The van der Waals surface area contributed by atoms with Crippen molar-refractivity contribution in [2.24, 2.45) is 0 Å². The Hall–Kier alpha value is -2.27. The highest BCUT2D eigenvalue weighted by Gasteiger charge is 2.42. The fourth-order valence-corrected chi connectivity index (χ4v) is 3.10. The van der Waals surface area contributed by atoms with Gasteiger partial charge < -0.3 is 4.90 Å². The number of para-hydroxylation sites is 1. The van der Waals surface area contributed by atoms with Gasteiger partial charge in [0.1, 0.15) is 6.04 Å². The maximum atomic E-state index is 13.5. The first kappa shape index (κ1) is 17.5. The minimum Gasteiger partial charge on any atom is -0.369 e. The van der Waals surface area contributed by atoms with E-state index in [0.717, 1.165) is 11.3 Å². The van der Waals surface area contributed by atoms with Crippen molar-refractivity contribution in [3.63, 3.8) is 0 Å². The number of hydrogen-bond donors (Lipinski definition) is 0. The molecule has 1 heterocycles. The van der Waals surface area contributed by atoms with Crippen LogP contribution in [0.5, 0.6) is 0 Å². The van der Waals surface area contributed by atoms with E-state index in [1.807, 2.05) is 48.5 Å². The van der Waals surface area contributed by atoms with Crippen molar-refractivity contribution in [1.29, 1.82) is 0 Å². The van der Waals surface area contributed by atoms with Crippen LogP contribution in [-0.2, 0) is 0 Å². The standard InChI is InChI=1S/C20H21F3N2/c21-20(22,23)19(12-11-17-7-3-1-4-8-17)25-15-13-24(14-16-25)18-9-5-2-6-10-18/h1-12,19H,13-16H2/b12-11+/t19-/m0/s1. The molecular formula is C20H21F3N2. The predicted molar refractivity (Wildman–Crippen MR) is 95.5 cm³/mol. The molecule has 0 spiro atoms. The van der Waals surface area contributed by atoms with Gasteiger partial charge in [0.05, 0.1) is 0 Å². The van der Waals surface area contributed by atoms with Crippen molar-refractivity contribution in [3.05, 3.63) is 72.3 Å². The summed E-state index contributed by atoms with van der Waals surface area (Å²) in [7, 11) is 0. The molecule has 25 heavy (non-hydrogen) atoms. The molecule has 1 saturated heterocycles. The van der Waals surface area contributed by atoms with Gasteiger partial charge in [-0.05, 0) is 17.7 Å². The molecule has 0 radical (unpaired) electrons. The average Bonchev–Trinajstić information content (AvgIpc) is 2.63. The molecule has 1 atom stereocenters. The smallest absolute Gasteiger partial charge is 0.369 e. The zero-order chi connectivity index (χ0) is 17.7. The van der Waals surface area contributed by atoms with Crippen LogP contribution in [0.25, 0.3) is 6.08 Å². The highest BCUT2D eigenvalue weighted by Crippen LogP contribution is 2.28. The molecule has 5 heteroatoms. The number of nitrogens with zero attached hydrogens (tertiary/aromatic N) is 2. The van der Waals surface area contributed by atoms with E-state index in [9.17, 15) is 13.2 Å². The first-order valence-corrected chi connectivity index (χ1v) is 8.38. The Kier molecular flexibility index (Phi) is 5.43. The monoisotopic (exact) mass is 346 g/mol. The van der Waals surface area contributed by atoms with Crippen LogP contribution in [0.1, 0.15) is 5.56 Å². The number of halogens is 3. The van der Waals surface area contributed by atoms with Gasteiger partial charge in [0.25, 0.3) is 0 Å². The van der Waals surface area contributed by atoms with E-state index in [1.54, 1.807) is 18.2 Å². The summed E-state index contributed by atoms with van der Waals surface area (Å²) in [6.07, 6.45) is -1.45. The molecule has 0 unspecified atom stereocenters. The molecule has 0 aliphatic carbocycles. The second kappa shape index (κ2) is 7.74. The molecule has 0 saturated carbocycles. The van der Waals surface area contributed by atoms with E-state index < -0.39 is 12.2 Å². The van der Waals surface area contributed by atoms with Crippen LogP contribution in [0.3, 0.4) is 0 Å². The molecule has 2 aromatic carbocycles. The summed E-state index contributed by atoms with van der Waals surface area (Å²) >= 11 is 0. The minimum atomic E-state index is -4.28. The van der Waals surface area contributed by atoms with E-state index in [0.29, 0.717) is 26.2 Å². The zero-order valence-electron chi connectivity index (χ0n) is 13.9. The zero-order valence-corrected chi connectivity index (χ0v) is 13.9. The molecule has 1 fully saturated rings. The van der Waals surface area contributed by atoms with E-state index in [-0.39, 0.29) is 0 Å². The maximum Gasteiger partial charge on any atom is 0.407 e. The number of piperazine rings is 1. The molecule has 2 aromatic rings. The molecule has 0 aromatic heterocycles. The van der Waals surface area contributed by atoms with Gasteiger partial charge in [-0.3, -0.25) is 4.90 Å². The van der Waals surface area contributed by atoms with Crippen LogP contribution >= 0.6 is 0 Å². The Balaban J connectivity index is 1.68. The lowest BCUT2D eigenvalue weighted by Gasteiger charge is -2.39. The Morgan fingerprint density at radius 2 is 1.36 bits per heavy atom. The van der Waals surface area contributed by atoms with E-state index in [2.05, 4.69) is 4.90 Å². The summed E-state index contributed by atoms with van der Waals surface area (Å²) in [5, 5.41) is 0. The average molecular weight is 346 g/mol. The van der Waals surface area contributed by atoms with E-state index >= 15 is 0 Å². The van der Waals surface area contributed by atoms with Crippen molar-refractivity contribution >= 4 is 11.8 Å². The van der Waals surface area contributed by atoms with Crippen molar-refractivity contribution in [3.8, 4) is 0 Å². The van der Waals surface area contributed by atoms with Gasteiger partial charge >= 0.3 is 6.18 Å². The predicted octanol–water partition coefficient (Wildman–Crippen LogP) is 4.45. The summed E-state index contributed by atoms with van der Waals surface area (Å²) in [5.74, 6) is 0. The third kappa shape index (κ3) is 4.63. The summed E-state index contributed by atoms with van der Waals surface area (Å²) in [6, 6.07) is 17.4. The van der Waals surface area contributed by atoms with Crippen LogP contribution in [0.2, 0.25) is 0 Å². The van der Waals surface area contributed by atoms with Crippen LogP contribution in [0.4, 0.5) is 18.9 Å². The van der Waals surface area contributed by atoms with Gasteiger partial charge in [-0.15, -0.1) is 0 Å². The van der Waals surface area contributed by atoms with Gasteiger partial charge in [-0.1, -0.05) is 60.7 Å². The van der Waals surface area contributed by atoms with Crippen molar-refractivity contribution in [2.75, 3.05) is 31.1 Å². The highest BCUT2D eigenvalue weighted by atomic mass is 19.4. The van der Waals surface area contributed by atoms with E-state index in [1.165, 1.54) is 11.0 Å². The van der Waals surface area contributed by atoms with Gasteiger partial charge in [0.15, 0.2) is 0 Å². The summed E-state index contributed by atoms with van der Waals surface area (Å²) < 4.78 is 40.6. The van der Waals surface area contributed by atoms with Crippen molar-refractivity contribution in [1.82, 2.24) is 4.90 Å². The van der Waals surface area contributed by atoms with Crippen LogP contribution in [-0.4, -0.2) is 43.3 Å². The van der Waals surface area contributed by atoms with Crippen LogP contribution in [0, 0.1) is 0 Å². The van der Waals surface area contributed by atoms with Crippen LogP contribution < -0.4 is 4.90 Å². The van der Waals surface area contributed by atoms with E-state index in [4.69, 9.17) is 0 Å². The van der Waals surface area contributed by atoms with Crippen molar-refractivity contribution in [2.45, 2.75) is 12.2 Å². The summed E-state index contributed by atoms with van der Waals surface area (Å²) in [5.41, 5.74) is 1.84. The second-order valence-electron chi connectivity index (χ2n) is 6.11. The fraction of sp³-hybridized carbons (Fsp3) is 0.300. The molecule has 1 aliphatic heterocycles. The topological polar surface area (TPSA) is 6.48 Å². The summed E-state index contributed by atoms with van der Waals surface area (Å²) in [6.45, 7) is 1.96. The molecular weight excluding hydrogens is 325 g/mol. The Morgan fingerprint density at radius 3 is 1.92 bits per heavy atom. The minimum absolute atomic E-state index is 0.387. The van der Waals surface area contributed by atoms with Gasteiger partial charge in [-0.25, -0.2) is 0 Å². The maximum absolute atomic E-state index is 13.5. The fourth-order valence-electron chi connectivity index (χ4n) is 3.10. The lowest BCUT2D eigenvalue weighted by molar-refractivity contribution is -0.170. The molecule has 0 N–H and O–H groups in total. The van der Waals surface area contributed by atoms with Crippen LogP contribution in [0.15, 0.2) is 66.7 Å². The highest BCUT2D eigenvalue weighted by molar-refractivity contribution is 5.50. The molecule has 2 nitrogen and oxygen atoms in total. The third-order valence-electron chi connectivity index (χ3n) is 4.43. The molecule has 1 aliphatic rings.